The number of piperidine rings is 1. The number of carboxylic acids is 3. The van der Waals surface area contributed by atoms with Crippen LogP contribution in [0.1, 0.15) is 23.1 Å². The van der Waals surface area contributed by atoms with E-state index in [0.717, 1.165) is 5.56 Å². The van der Waals surface area contributed by atoms with Crippen LogP contribution in [0.25, 0.3) is 0 Å². The number of alkyl halides is 3. The average Bonchev–Trinajstić information content (AvgIpc) is 3.11. The molecule has 2 fully saturated rings. The molecular weight excluding hydrogens is 383 g/mol. The van der Waals surface area contributed by atoms with Crippen molar-refractivity contribution in [1.82, 2.24) is 4.90 Å². The molecule has 1 saturated carbocycles. The molecule has 154 valence electrons. The van der Waals surface area contributed by atoms with Crippen LogP contribution < -0.4 is 0 Å². The van der Waals surface area contributed by atoms with Gasteiger partial charge in [-0.2, -0.15) is 13.2 Å². The Morgan fingerprint density at radius 1 is 1.04 bits per heavy atom. The van der Waals surface area contributed by atoms with E-state index in [1.54, 1.807) is 0 Å². The van der Waals surface area contributed by atoms with E-state index in [4.69, 9.17) is 9.90 Å². The molecule has 1 aromatic carbocycles. The summed E-state index contributed by atoms with van der Waals surface area (Å²) in [7, 11) is 0. The molecule has 2 atom stereocenters. The van der Waals surface area contributed by atoms with Crippen molar-refractivity contribution < 1.29 is 42.9 Å². The van der Waals surface area contributed by atoms with Crippen LogP contribution in [0.4, 0.5) is 13.2 Å². The fraction of sp³-hybridized carbons (Fsp3) is 0.500. The minimum atomic E-state index is -5.08. The van der Waals surface area contributed by atoms with Crippen molar-refractivity contribution in [3.05, 3.63) is 34.9 Å². The summed E-state index contributed by atoms with van der Waals surface area (Å²) in [5.41, 5.74) is 1.34. The molecule has 10 heteroatoms. The average molecular weight is 403 g/mol. The summed E-state index contributed by atoms with van der Waals surface area (Å²) in [6.45, 7) is 5.33. The van der Waals surface area contributed by atoms with Gasteiger partial charge in [-0.1, -0.05) is 18.2 Å². The third-order valence-corrected chi connectivity index (χ3v) is 5.55. The first kappa shape index (κ1) is 21.7. The number of nitrogens with zero attached hydrogens (tertiary/aromatic N) is 1. The van der Waals surface area contributed by atoms with Gasteiger partial charge in [0.25, 0.3) is 0 Å². The minimum Gasteiger partial charge on any atom is -0.481 e. The standard InChI is InChI=1S/C16H19NO4.C2HF3O2/c1-10-4-3-5-12(11(10)2)6-17-8-15(13(18)19)7-16(15,9-17)14(20)21;3-2(4,5)1(6)7/h3-5H,6-9H2,1-2H3,(H,18,19)(H,20,21);(H,6,7)/t15-,16+;. The molecule has 1 aliphatic heterocycles. The van der Waals surface area contributed by atoms with Crippen molar-refractivity contribution in [3.63, 3.8) is 0 Å². The van der Waals surface area contributed by atoms with E-state index in [0.29, 0.717) is 19.6 Å². The van der Waals surface area contributed by atoms with Gasteiger partial charge in [0.1, 0.15) is 0 Å². The highest BCUT2D eigenvalue weighted by Crippen LogP contribution is 2.68. The molecule has 1 aliphatic carbocycles. The smallest absolute Gasteiger partial charge is 0.481 e. The first-order valence-electron chi connectivity index (χ1n) is 8.31. The lowest BCUT2D eigenvalue weighted by Gasteiger charge is -2.21. The normalized spacial score (nSPS) is 26.0. The van der Waals surface area contributed by atoms with Gasteiger partial charge in [-0.25, -0.2) is 4.79 Å². The molecule has 1 aromatic rings. The van der Waals surface area contributed by atoms with Crippen molar-refractivity contribution in [3.8, 4) is 0 Å². The lowest BCUT2D eigenvalue weighted by molar-refractivity contribution is -0.192. The van der Waals surface area contributed by atoms with Crippen LogP contribution in [0.5, 0.6) is 0 Å². The number of aryl methyl sites for hydroxylation is 1. The van der Waals surface area contributed by atoms with Gasteiger partial charge in [0.05, 0.1) is 10.8 Å². The zero-order valence-corrected chi connectivity index (χ0v) is 15.2. The summed E-state index contributed by atoms with van der Waals surface area (Å²) in [4.78, 5) is 33.9. The van der Waals surface area contributed by atoms with Gasteiger partial charge in [-0.15, -0.1) is 0 Å². The van der Waals surface area contributed by atoms with Gasteiger partial charge < -0.3 is 15.3 Å². The number of rotatable bonds is 4. The van der Waals surface area contributed by atoms with Gasteiger partial charge in [0, 0.05) is 19.6 Å². The molecule has 1 saturated heterocycles. The molecule has 0 spiro atoms. The van der Waals surface area contributed by atoms with Crippen LogP contribution in [-0.4, -0.2) is 57.4 Å². The number of hydrogen-bond acceptors (Lipinski definition) is 4. The van der Waals surface area contributed by atoms with Crippen molar-refractivity contribution in [1.29, 1.82) is 0 Å². The Kier molecular flexibility index (Phi) is 5.48. The summed E-state index contributed by atoms with van der Waals surface area (Å²) in [5, 5.41) is 26.0. The van der Waals surface area contributed by atoms with Crippen LogP contribution in [0.3, 0.4) is 0 Å². The lowest BCUT2D eigenvalue weighted by atomic mass is 9.97. The quantitative estimate of drug-likeness (QED) is 0.707. The van der Waals surface area contributed by atoms with Crippen molar-refractivity contribution in [2.45, 2.75) is 33.0 Å². The molecule has 0 amide bonds. The minimum absolute atomic E-state index is 0.258. The number of hydrogen-bond donors (Lipinski definition) is 3. The molecule has 2 aliphatic rings. The molecular formula is C18H20F3NO6. The van der Waals surface area contributed by atoms with E-state index >= 15 is 0 Å². The highest BCUT2D eigenvalue weighted by molar-refractivity contribution is 5.94. The zero-order chi connectivity index (χ0) is 21.5. The molecule has 3 N–H and O–H groups in total. The first-order valence-corrected chi connectivity index (χ1v) is 8.31. The van der Waals surface area contributed by atoms with Crippen molar-refractivity contribution >= 4 is 17.9 Å². The van der Waals surface area contributed by atoms with Crippen molar-refractivity contribution in [2.75, 3.05) is 13.1 Å². The number of likely N-dealkylation sites (tertiary alicyclic amines) is 1. The number of halogens is 3. The van der Waals surface area contributed by atoms with E-state index in [1.807, 2.05) is 36.9 Å². The van der Waals surface area contributed by atoms with Gasteiger partial charge >= 0.3 is 24.1 Å². The van der Waals surface area contributed by atoms with E-state index in [9.17, 15) is 33.0 Å². The maximum Gasteiger partial charge on any atom is 0.490 e. The number of carboxylic acid groups (broad SMARTS) is 3. The molecule has 1 heterocycles. The van der Waals surface area contributed by atoms with E-state index in [2.05, 4.69) is 0 Å². The third-order valence-electron chi connectivity index (χ3n) is 5.55. The van der Waals surface area contributed by atoms with Crippen molar-refractivity contribution in [2.24, 2.45) is 10.8 Å². The van der Waals surface area contributed by atoms with Crippen LogP contribution in [0.2, 0.25) is 0 Å². The van der Waals surface area contributed by atoms with Gasteiger partial charge in [-0.3, -0.25) is 14.5 Å². The maximum atomic E-state index is 11.5. The third kappa shape index (κ3) is 3.68. The Balaban J connectivity index is 0.000000345. The molecule has 0 unspecified atom stereocenters. The molecule has 0 aromatic heterocycles. The lowest BCUT2D eigenvalue weighted by Crippen LogP contribution is -2.28. The van der Waals surface area contributed by atoms with Gasteiger partial charge in [0.15, 0.2) is 0 Å². The Labute approximate surface area is 158 Å². The number of aliphatic carboxylic acids is 3. The van der Waals surface area contributed by atoms with Gasteiger partial charge in [0.2, 0.25) is 0 Å². The summed E-state index contributed by atoms with van der Waals surface area (Å²) >= 11 is 0. The first-order chi connectivity index (χ1) is 12.8. The molecule has 0 bridgehead atoms. The van der Waals surface area contributed by atoms with Gasteiger partial charge in [-0.05, 0) is 37.0 Å². The second kappa shape index (κ2) is 7.08. The fourth-order valence-electron chi connectivity index (χ4n) is 3.74. The predicted molar refractivity (Wildman–Crippen MR) is 89.6 cm³/mol. The Bertz CT molecular complexity index is 796. The second-order valence-corrected chi connectivity index (χ2v) is 7.26. The molecule has 0 radical (unpaired) electrons. The Morgan fingerprint density at radius 2 is 1.50 bits per heavy atom. The number of carbonyl (C=O) groups is 3. The summed E-state index contributed by atoms with van der Waals surface area (Å²) in [6.07, 6.45) is -4.83. The topological polar surface area (TPSA) is 115 Å². The fourth-order valence-corrected chi connectivity index (χ4v) is 3.74. The molecule has 3 rings (SSSR count). The van der Waals surface area contributed by atoms with Crippen LogP contribution in [0, 0.1) is 24.7 Å². The maximum absolute atomic E-state index is 11.5. The number of benzene rings is 1. The summed E-state index contributed by atoms with van der Waals surface area (Å²) in [6, 6.07) is 6.04. The van der Waals surface area contributed by atoms with E-state index in [-0.39, 0.29) is 6.42 Å². The predicted octanol–water partition coefficient (Wildman–Crippen LogP) is 2.30. The van der Waals surface area contributed by atoms with Crippen LogP contribution >= 0.6 is 0 Å². The highest BCUT2D eigenvalue weighted by atomic mass is 19.4. The Hall–Kier alpha value is -2.62. The Morgan fingerprint density at radius 3 is 1.89 bits per heavy atom. The van der Waals surface area contributed by atoms with Crippen LogP contribution in [-0.2, 0) is 20.9 Å². The highest BCUT2D eigenvalue weighted by Gasteiger charge is 2.80. The monoisotopic (exact) mass is 403 g/mol. The second-order valence-electron chi connectivity index (χ2n) is 7.26. The van der Waals surface area contributed by atoms with Crippen LogP contribution in [0.15, 0.2) is 18.2 Å². The zero-order valence-electron chi connectivity index (χ0n) is 15.2. The SMILES string of the molecule is Cc1cccc(CN2C[C@@]3(C(=O)O)C[C@@]3(C(=O)O)C2)c1C.O=C(O)C(F)(F)F. The molecule has 28 heavy (non-hydrogen) atoms. The summed E-state index contributed by atoms with van der Waals surface area (Å²) in [5.74, 6) is -4.71. The number of fused-ring (bicyclic) bond motifs is 1. The molecule has 7 nitrogen and oxygen atoms in total. The van der Waals surface area contributed by atoms with E-state index in [1.165, 1.54) is 11.1 Å². The largest absolute Gasteiger partial charge is 0.490 e. The summed E-state index contributed by atoms with van der Waals surface area (Å²) < 4.78 is 31.7. The van der Waals surface area contributed by atoms with E-state index < -0.39 is 34.9 Å².